The Morgan fingerprint density at radius 3 is 2.52 bits per heavy atom. The summed E-state index contributed by atoms with van der Waals surface area (Å²) in [6.45, 7) is 7.43. The van der Waals surface area contributed by atoms with E-state index in [1.165, 1.54) is 0 Å². The molecule has 236 valence electrons. The monoisotopic (exact) mass is 636 g/mol. The average molecular weight is 637 g/mol. The average Bonchev–Trinajstić information content (AvgIpc) is 3.74. The molecule has 4 heterocycles. The first kappa shape index (κ1) is 30.4. The van der Waals surface area contributed by atoms with E-state index >= 15 is 0 Å². The van der Waals surface area contributed by atoms with Crippen LogP contribution in [-0.2, 0) is 19.2 Å². The molecule has 0 saturated carbocycles. The molecule has 3 aromatic heterocycles. The minimum Gasteiger partial charge on any atom is -0.374 e. The van der Waals surface area contributed by atoms with Gasteiger partial charge in [-0.05, 0) is 77.9 Å². The molecule has 46 heavy (non-hydrogen) atoms. The van der Waals surface area contributed by atoms with E-state index in [9.17, 15) is 5.11 Å². The van der Waals surface area contributed by atoms with Crippen molar-refractivity contribution in [1.29, 1.82) is 0 Å². The highest BCUT2D eigenvalue weighted by Gasteiger charge is 2.37. The largest absolute Gasteiger partial charge is 0.374 e. The Labute approximate surface area is 272 Å². The van der Waals surface area contributed by atoms with Gasteiger partial charge in [0, 0.05) is 55.7 Å². The van der Waals surface area contributed by atoms with Crippen LogP contribution >= 0.6 is 11.6 Å². The molecule has 1 aliphatic rings. The number of hydrogen-bond donors (Lipinski definition) is 2. The number of aliphatic hydroxyl groups is 1. The van der Waals surface area contributed by atoms with Crippen molar-refractivity contribution in [3.8, 4) is 11.3 Å². The number of nitrogens with one attached hydrogen (secondary N) is 1. The number of piperazine rings is 1. The van der Waals surface area contributed by atoms with Gasteiger partial charge < -0.3 is 24.8 Å². The number of likely N-dealkylation sites (N-methyl/N-ethyl adjacent to an activating group) is 1. The van der Waals surface area contributed by atoms with Crippen molar-refractivity contribution in [3.05, 3.63) is 107 Å². The molecule has 7 rings (SSSR count). The number of imidazole rings is 1. The molecular weight excluding hydrogens is 600 g/mol. The summed E-state index contributed by atoms with van der Waals surface area (Å²) in [4.78, 5) is 14.1. The van der Waals surface area contributed by atoms with Crippen LogP contribution in [0.1, 0.15) is 28.8 Å². The maximum absolute atomic E-state index is 12.7. The second kappa shape index (κ2) is 12.9. The highest BCUT2D eigenvalue weighted by atomic mass is 35.5. The lowest BCUT2D eigenvalue weighted by Crippen LogP contribution is -2.45. The molecule has 1 saturated heterocycles. The number of nitrogens with zero attached hydrogens (tertiary/aromatic N) is 9. The van der Waals surface area contributed by atoms with Gasteiger partial charge in [-0.15, -0.1) is 0 Å². The predicted molar refractivity (Wildman–Crippen MR) is 179 cm³/mol. The van der Waals surface area contributed by atoms with Gasteiger partial charge in [-0.1, -0.05) is 59.2 Å². The number of tetrazole rings is 1. The predicted octanol–water partition coefficient (Wildman–Crippen LogP) is 3.74. The second-order valence-electron chi connectivity index (χ2n) is 12.1. The number of aryl methyl sites for hydroxylation is 1. The molecule has 0 amide bonds. The Morgan fingerprint density at radius 1 is 0.957 bits per heavy atom. The fourth-order valence-corrected chi connectivity index (χ4v) is 6.51. The lowest BCUT2D eigenvalue weighted by molar-refractivity contribution is 0.117. The van der Waals surface area contributed by atoms with Crippen molar-refractivity contribution >= 4 is 28.3 Å². The minimum atomic E-state index is -1.50. The summed E-state index contributed by atoms with van der Waals surface area (Å²) in [5.74, 6) is 0.376. The van der Waals surface area contributed by atoms with Crippen LogP contribution < -0.4 is 5.32 Å². The van der Waals surface area contributed by atoms with Gasteiger partial charge in [0.05, 0.1) is 29.4 Å². The van der Waals surface area contributed by atoms with Crippen molar-refractivity contribution in [2.75, 3.05) is 46.3 Å². The molecule has 6 aromatic rings. The third-order valence-corrected chi connectivity index (χ3v) is 9.21. The molecule has 11 nitrogen and oxygen atoms in total. The first-order chi connectivity index (χ1) is 22.4. The molecule has 0 aliphatic carbocycles. The third kappa shape index (κ3) is 5.88. The molecule has 1 aliphatic heterocycles. The Bertz CT molecular complexity index is 1960. The number of halogens is 1. The summed E-state index contributed by atoms with van der Waals surface area (Å²) in [5.41, 5.74) is 3.94. The number of fused-ring (bicyclic) bond motifs is 3. The van der Waals surface area contributed by atoms with Crippen molar-refractivity contribution in [3.63, 3.8) is 0 Å². The first-order valence-corrected chi connectivity index (χ1v) is 16.0. The maximum Gasteiger partial charge on any atom is 0.274 e. The SMILES string of the molecule is CN1CCN(CCCNCc2ccc(C(O)(c3ccc4c(c3)c(-c3cccc(Cl)c3)nc3nnnn34)c3cncn3C)cc2)CC1. The van der Waals surface area contributed by atoms with E-state index in [1.807, 2.05) is 66.2 Å². The molecule has 1 unspecified atom stereocenters. The van der Waals surface area contributed by atoms with Crippen LogP contribution in [0.4, 0.5) is 0 Å². The fraction of sp³-hybridized carbons (Fsp3) is 0.324. The molecule has 3 aromatic carbocycles. The quantitative estimate of drug-likeness (QED) is 0.217. The normalized spacial score (nSPS) is 15.9. The molecule has 0 spiro atoms. The highest BCUT2D eigenvalue weighted by molar-refractivity contribution is 6.30. The van der Waals surface area contributed by atoms with E-state index in [0.29, 0.717) is 27.8 Å². The molecule has 2 N–H and O–H groups in total. The smallest absolute Gasteiger partial charge is 0.274 e. The third-order valence-electron chi connectivity index (χ3n) is 8.97. The van der Waals surface area contributed by atoms with Crippen LogP contribution in [-0.4, -0.2) is 95.8 Å². The van der Waals surface area contributed by atoms with Gasteiger partial charge in [-0.25, -0.2) is 9.97 Å². The van der Waals surface area contributed by atoms with E-state index < -0.39 is 5.60 Å². The van der Waals surface area contributed by atoms with Crippen LogP contribution in [0.2, 0.25) is 5.02 Å². The molecule has 1 atom stereocenters. The second-order valence-corrected chi connectivity index (χ2v) is 12.5. The van der Waals surface area contributed by atoms with E-state index in [-0.39, 0.29) is 0 Å². The zero-order chi connectivity index (χ0) is 31.7. The van der Waals surface area contributed by atoms with Gasteiger partial charge in [0.15, 0.2) is 5.60 Å². The molecule has 1 fully saturated rings. The lowest BCUT2D eigenvalue weighted by atomic mass is 9.82. The van der Waals surface area contributed by atoms with Gasteiger partial charge in [-0.2, -0.15) is 4.52 Å². The molecule has 0 bridgehead atoms. The van der Waals surface area contributed by atoms with Gasteiger partial charge in [0.2, 0.25) is 0 Å². The highest BCUT2D eigenvalue weighted by Crippen LogP contribution is 2.39. The van der Waals surface area contributed by atoms with Crippen LogP contribution in [0.25, 0.3) is 27.9 Å². The van der Waals surface area contributed by atoms with Gasteiger partial charge in [-0.3, -0.25) is 0 Å². The van der Waals surface area contributed by atoms with E-state index in [1.54, 1.807) is 17.0 Å². The van der Waals surface area contributed by atoms with Crippen LogP contribution in [0, 0.1) is 0 Å². The van der Waals surface area contributed by atoms with Crippen molar-refractivity contribution in [2.45, 2.75) is 18.6 Å². The van der Waals surface area contributed by atoms with E-state index in [4.69, 9.17) is 16.6 Å². The number of rotatable bonds is 10. The van der Waals surface area contributed by atoms with Crippen molar-refractivity contribution < 1.29 is 5.11 Å². The zero-order valence-electron chi connectivity index (χ0n) is 26.0. The lowest BCUT2D eigenvalue weighted by Gasteiger charge is -2.32. The Kier molecular flexibility index (Phi) is 8.50. The Balaban J connectivity index is 1.19. The maximum atomic E-state index is 12.7. The zero-order valence-corrected chi connectivity index (χ0v) is 26.8. The van der Waals surface area contributed by atoms with Crippen molar-refractivity contribution in [2.24, 2.45) is 7.05 Å². The summed E-state index contributed by atoms with van der Waals surface area (Å²) in [6, 6.07) is 21.5. The fourth-order valence-electron chi connectivity index (χ4n) is 6.32. The van der Waals surface area contributed by atoms with Gasteiger partial charge >= 0.3 is 0 Å². The van der Waals surface area contributed by atoms with Gasteiger partial charge in [0.25, 0.3) is 5.78 Å². The first-order valence-electron chi connectivity index (χ1n) is 15.6. The Hall–Kier alpha value is -4.26. The minimum absolute atomic E-state index is 0.376. The topological polar surface area (TPSA) is 113 Å². The van der Waals surface area contributed by atoms with Crippen LogP contribution in [0.5, 0.6) is 0 Å². The molecule has 12 heteroatoms. The molecule has 0 radical (unpaired) electrons. The Morgan fingerprint density at radius 2 is 1.76 bits per heavy atom. The number of aromatic nitrogens is 7. The summed E-state index contributed by atoms with van der Waals surface area (Å²) in [5, 5.41) is 29.8. The summed E-state index contributed by atoms with van der Waals surface area (Å²) in [6.07, 6.45) is 4.53. The van der Waals surface area contributed by atoms with Crippen molar-refractivity contribution in [1.82, 2.24) is 49.7 Å². The summed E-state index contributed by atoms with van der Waals surface area (Å²) in [7, 11) is 4.08. The molecular formula is C34H37ClN10O. The summed E-state index contributed by atoms with van der Waals surface area (Å²) < 4.78 is 3.45. The standard InChI is InChI=1S/C34H37ClN10O/c1-42-15-17-44(18-16-42)14-4-13-36-21-24-7-9-26(10-8-24)34(46,31-22-37-23-43(31)2)27-11-12-30-29(20-27)32(25-5-3-6-28(35)19-25)38-33-39-40-41-45(30)33/h3,5-12,19-20,22-23,36,46H,4,13-18,21H2,1-2H3. The van der Waals surface area contributed by atoms with Gasteiger partial charge in [0.1, 0.15) is 0 Å². The summed E-state index contributed by atoms with van der Waals surface area (Å²) >= 11 is 6.38. The number of hydrogen-bond acceptors (Lipinski definition) is 9. The van der Waals surface area contributed by atoms with Crippen LogP contribution in [0.3, 0.4) is 0 Å². The number of benzene rings is 3. The van der Waals surface area contributed by atoms with E-state index in [2.05, 4.69) is 54.8 Å². The van der Waals surface area contributed by atoms with E-state index in [0.717, 1.165) is 79.8 Å². The van der Waals surface area contributed by atoms with Crippen LogP contribution in [0.15, 0.2) is 79.3 Å².